The Balaban J connectivity index is 1.97. The maximum absolute atomic E-state index is 12.8. The van der Waals surface area contributed by atoms with Gasteiger partial charge in [0.2, 0.25) is 0 Å². The third kappa shape index (κ3) is 3.75. The Morgan fingerprint density at radius 1 is 1.19 bits per heavy atom. The first-order valence-corrected chi connectivity index (χ1v) is 7.82. The lowest BCUT2D eigenvalue weighted by atomic mass is 10.0. The number of carbonyl (C=O) groups is 1. The Morgan fingerprint density at radius 3 is 2.63 bits per heavy atom. The van der Waals surface area contributed by atoms with Gasteiger partial charge in [0.15, 0.2) is 11.5 Å². The van der Waals surface area contributed by atoms with Crippen molar-refractivity contribution in [2.24, 2.45) is 0 Å². The van der Waals surface area contributed by atoms with Gasteiger partial charge in [0, 0.05) is 16.8 Å². The zero-order chi connectivity index (χ0) is 19.6. The van der Waals surface area contributed by atoms with Crippen LogP contribution in [0.1, 0.15) is 16.7 Å². The van der Waals surface area contributed by atoms with Gasteiger partial charge in [0.1, 0.15) is 6.61 Å². The van der Waals surface area contributed by atoms with E-state index in [4.69, 9.17) is 15.9 Å². The molecule has 138 valence electrons. The molecule has 0 atom stereocenters. The summed E-state index contributed by atoms with van der Waals surface area (Å²) in [5, 5.41) is 2.46. The summed E-state index contributed by atoms with van der Waals surface area (Å²) in [6, 6.07) is 8.13. The Morgan fingerprint density at radius 2 is 1.96 bits per heavy atom. The Bertz CT molecular complexity index is 971. The molecule has 0 radical (unpaired) electrons. The maximum Gasteiger partial charge on any atom is 0.416 e. The predicted octanol–water partition coefficient (Wildman–Crippen LogP) is 4.22. The third-order valence-corrected chi connectivity index (χ3v) is 3.94. The number of methoxy groups -OCH3 is 1. The van der Waals surface area contributed by atoms with Crippen molar-refractivity contribution in [3.8, 4) is 23.8 Å². The van der Waals surface area contributed by atoms with Gasteiger partial charge in [-0.25, -0.2) is 0 Å². The van der Waals surface area contributed by atoms with Gasteiger partial charge in [-0.2, -0.15) is 13.2 Å². The zero-order valence-corrected chi connectivity index (χ0v) is 14.2. The fraction of sp³-hybridized carbons (Fsp3) is 0.150. The standard InChI is InChI=1S/C20H14F3NO3/c1-3-8-27-17-7-4-12(10-18(17)26-2)9-15-14-6-5-13(20(21,22)23)11-16(14)24-19(15)25/h1,4-7,9-11H,8H2,2H3,(H,24,25)/b15-9-. The third-order valence-electron chi connectivity index (χ3n) is 3.94. The molecule has 3 rings (SSSR count). The van der Waals surface area contributed by atoms with E-state index in [9.17, 15) is 18.0 Å². The number of hydrogen-bond acceptors (Lipinski definition) is 3. The van der Waals surface area contributed by atoms with Gasteiger partial charge in [-0.15, -0.1) is 6.42 Å². The number of halogens is 3. The van der Waals surface area contributed by atoms with Crippen LogP contribution in [-0.2, 0) is 11.0 Å². The Kier molecular flexibility index (Phi) is 4.82. The van der Waals surface area contributed by atoms with Gasteiger partial charge in [0.25, 0.3) is 5.91 Å². The molecule has 0 aliphatic carbocycles. The largest absolute Gasteiger partial charge is 0.493 e. The number of rotatable bonds is 4. The van der Waals surface area contributed by atoms with Gasteiger partial charge < -0.3 is 14.8 Å². The summed E-state index contributed by atoms with van der Waals surface area (Å²) in [6.07, 6.45) is 2.26. The summed E-state index contributed by atoms with van der Waals surface area (Å²) in [6.45, 7) is 0.0775. The first-order valence-electron chi connectivity index (χ1n) is 7.82. The molecule has 0 aromatic heterocycles. The van der Waals surface area contributed by atoms with Gasteiger partial charge in [-0.3, -0.25) is 4.79 Å². The lowest BCUT2D eigenvalue weighted by molar-refractivity contribution is -0.137. The normalized spacial score (nSPS) is 14.5. The number of amides is 1. The summed E-state index contributed by atoms with van der Waals surface area (Å²) in [7, 11) is 1.46. The number of nitrogens with one attached hydrogen (secondary N) is 1. The second-order valence-electron chi connectivity index (χ2n) is 5.67. The van der Waals surface area contributed by atoms with E-state index in [0.717, 1.165) is 12.1 Å². The number of ether oxygens (including phenoxy) is 2. The SMILES string of the molecule is C#CCOc1ccc(/C=C2\C(=O)Nc3cc(C(F)(F)F)ccc32)cc1OC. The van der Waals surface area contributed by atoms with Crippen molar-refractivity contribution in [3.63, 3.8) is 0 Å². The average molecular weight is 373 g/mol. The van der Waals surface area contributed by atoms with Crippen molar-refractivity contribution in [1.82, 2.24) is 0 Å². The molecule has 1 heterocycles. The molecule has 7 heteroatoms. The zero-order valence-electron chi connectivity index (χ0n) is 14.2. The van der Waals surface area contributed by atoms with E-state index < -0.39 is 17.6 Å². The molecular weight excluding hydrogens is 359 g/mol. The minimum absolute atomic E-state index is 0.0775. The second-order valence-corrected chi connectivity index (χ2v) is 5.67. The first-order chi connectivity index (χ1) is 12.8. The number of carbonyl (C=O) groups excluding carboxylic acids is 1. The van der Waals surface area contributed by atoms with E-state index in [2.05, 4.69) is 11.2 Å². The summed E-state index contributed by atoms with van der Waals surface area (Å²) in [5.41, 5.74) is 0.594. The molecule has 2 aromatic rings. The summed E-state index contributed by atoms with van der Waals surface area (Å²) < 4.78 is 49.1. The van der Waals surface area contributed by atoms with Gasteiger partial charge in [-0.1, -0.05) is 18.1 Å². The molecule has 27 heavy (non-hydrogen) atoms. The lowest BCUT2D eigenvalue weighted by Gasteiger charge is -2.10. The minimum atomic E-state index is -4.48. The lowest BCUT2D eigenvalue weighted by Crippen LogP contribution is -2.06. The van der Waals surface area contributed by atoms with E-state index in [0.29, 0.717) is 22.6 Å². The molecule has 1 aliphatic rings. The fourth-order valence-electron chi connectivity index (χ4n) is 2.69. The molecule has 0 fully saturated rings. The quantitative estimate of drug-likeness (QED) is 0.645. The van der Waals surface area contributed by atoms with E-state index in [1.807, 2.05) is 0 Å². The number of hydrogen-bond donors (Lipinski definition) is 1. The van der Waals surface area contributed by atoms with Crippen LogP contribution in [0, 0.1) is 12.3 Å². The molecular formula is C20H14F3NO3. The molecule has 1 aliphatic heterocycles. The Labute approximate surface area is 153 Å². The van der Waals surface area contributed by atoms with Crippen molar-refractivity contribution in [3.05, 3.63) is 53.1 Å². The van der Waals surface area contributed by atoms with Crippen molar-refractivity contribution in [2.45, 2.75) is 6.18 Å². The first kappa shape index (κ1) is 18.4. The minimum Gasteiger partial charge on any atom is -0.493 e. The van der Waals surface area contributed by atoms with Crippen LogP contribution in [0.25, 0.3) is 11.6 Å². The smallest absolute Gasteiger partial charge is 0.416 e. The summed E-state index contributed by atoms with van der Waals surface area (Å²) in [5.74, 6) is 2.74. The van der Waals surface area contributed by atoms with Crippen molar-refractivity contribution in [2.75, 3.05) is 19.0 Å². The van der Waals surface area contributed by atoms with Gasteiger partial charge >= 0.3 is 6.18 Å². The van der Waals surface area contributed by atoms with Gasteiger partial charge in [-0.05, 0) is 35.9 Å². The molecule has 1 N–H and O–H groups in total. The van der Waals surface area contributed by atoms with E-state index >= 15 is 0 Å². The molecule has 4 nitrogen and oxygen atoms in total. The highest BCUT2D eigenvalue weighted by Gasteiger charge is 2.33. The topological polar surface area (TPSA) is 47.6 Å². The number of benzene rings is 2. The van der Waals surface area contributed by atoms with Crippen LogP contribution in [0.3, 0.4) is 0 Å². The monoisotopic (exact) mass is 373 g/mol. The Hall–Kier alpha value is -3.40. The number of terminal acetylenes is 1. The van der Waals surface area contributed by atoms with Crippen LogP contribution in [0.15, 0.2) is 36.4 Å². The molecule has 0 saturated heterocycles. The number of alkyl halides is 3. The average Bonchev–Trinajstić information content (AvgIpc) is 2.94. The molecule has 0 saturated carbocycles. The predicted molar refractivity (Wildman–Crippen MR) is 95.3 cm³/mol. The number of fused-ring (bicyclic) bond motifs is 1. The van der Waals surface area contributed by atoms with Crippen LogP contribution >= 0.6 is 0 Å². The molecule has 2 aromatic carbocycles. The van der Waals surface area contributed by atoms with E-state index in [1.165, 1.54) is 13.2 Å². The summed E-state index contributed by atoms with van der Waals surface area (Å²) in [4.78, 5) is 12.2. The molecule has 1 amide bonds. The van der Waals surface area contributed by atoms with Crippen LogP contribution in [0.5, 0.6) is 11.5 Å². The highest BCUT2D eigenvalue weighted by atomic mass is 19.4. The highest BCUT2D eigenvalue weighted by Crippen LogP contribution is 2.39. The maximum atomic E-state index is 12.8. The van der Waals surface area contributed by atoms with Crippen LogP contribution in [0.4, 0.5) is 18.9 Å². The summed E-state index contributed by atoms with van der Waals surface area (Å²) >= 11 is 0. The van der Waals surface area contributed by atoms with E-state index in [1.54, 1.807) is 24.3 Å². The molecule has 0 spiro atoms. The number of anilines is 1. The van der Waals surface area contributed by atoms with Crippen molar-refractivity contribution >= 4 is 23.2 Å². The van der Waals surface area contributed by atoms with Crippen molar-refractivity contribution in [1.29, 1.82) is 0 Å². The van der Waals surface area contributed by atoms with E-state index in [-0.39, 0.29) is 17.9 Å². The van der Waals surface area contributed by atoms with Crippen LogP contribution < -0.4 is 14.8 Å². The second kappa shape index (κ2) is 7.08. The van der Waals surface area contributed by atoms with Crippen molar-refractivity contribution < 1.29 is 27.4 Å². The van der Waals surface area contributed by atoms with Crippen LogP contribution in [0.2, 0.25) is 0 Å². The highest BCUT2D eigenvalue weighted by molar-refractivity contribution is 6.34. The van der Waals surface area contributed by atoms with Gasteiger partial charge in [0.05, 0.1) is 12.7 Å². The molecule has 0 bridgehead atoms. The molecule has 0 unspecified atom stereocenters. The van der Waals surface area contributed by atoms with Crippen LogP contribution in [-0.4, -0.2) is 19.6 Å². The fourth-order valence-corrected chi connectivity index (χ4v) is 2.69.